The summed E-state index contributed by atoms with van der Waals surface area (Å²) in [5, 5.41) is 23.1. The maximum absolute atomic E-state index is 11.4. The number of hydrogen-bond donors (Lipinski definition) is 3. The first-order valence-electron chi connectivity index (χ1n) is 5.22. The largest absolute Gasteiger partial charge is 0.480 e. The van der Waals surface area contributed by atoms with Gasteiger partial charge in [-0.25, -0.2) is 4.79 Å². The molecule has 0 radical (unpaired) electrons. The SMILES string of the molecule is Cc1cc(OCC(=O)N[C@H](CCO)C(=O)O)no1. The molecule has 1 aromatic rings. The standard InChI is InChI=1S/C10H14N2O6/c1-6-4-9(12-18-6)17-5-8(14)11-7(2-3-13)10(15)16/h4,7,13H,2-3,5H2,1H3,(H,11,14)(H,15,16)/t7-/m1/s1. The summed E-state index contributed by atoms with van der Waals surface area (Å²) in [7, 11) is 0. The molecule has 0 aliphatic rings. The second kappa shape index (κ2) is 6.60. The number of aliphatic hydroxyl groups is 1. The van der Waals surface area contributed by atoms with Gasteiger partial charge in [-0.15, -0.1) is 0 Å². The van der Waals surface area contributed by atoms with Crippen molar-refractivity contribution in [3.05, 3.63) is 11.8 Å². The number of aryl methyl sites for hydroxylation is 1. The lowest BCUT2D eigenvalue weighted by atomic mass is 10.2. The zero-order valence-electron chi connectivity index (χ0n) is 9.75. The number of nitrogens with zero attached hydrogens (tertiary/aromatic N) is 1. The molecular weight excluding hydrogens is 244 g/mol. The van der Waals surface area contributed by atoms with Gasteiger partial charge in [-0.05, 0) is 12.1 Å². The Morgan fingerprint density at radius 3 is 2.83 bits per heavy atom. The minimum Gasteiger partial charge on any atom is -0.480 e. The molecule has 0 fully saturated rings. The van der Waals surface area contributed by atoms with Crippen molar-refractivity contribution < 1.29 is 29.1 Å². The van der Waals surface area contributed by atoms with Crippen molar-refractivity contribution in [1.82, 2.24) is 10.5 Å². The highest BCUT2D eigenvalue weighted by atomic mass is 16.5. The fourth-order valence-electron chi connectivity index (χ4n) is 1.17. The zero-order valence-corrected chi connectivity index (χ0v) is 9.75. The molecule has 0 aromatic carbocycles. The number of carbonyl (C=O) groups is 2. The van der Waals surface area contributed by atoms with Crippen LogP contribution in [0.3, 0.4) is 0 Å². The maximum Gasteiger partial charge on any atom is 0.326 e. The molecular formula is C10H14N2O6. The van der Waals surface area contributed by atoms with E-state index in [-0.39, 0.29) is 25.5 Å². The van der Waals surface area contributed by atoms with Crippen LogP contribution >= 0.6 is 0 Å². The Kier molecular flexibility index (Phi) is 5.12. The molecule has 1 heterocycles. The highest BCUT2D eigenvalue weighted by Crippen LogP contribution is 2.09. The second-order valence-corrected chi connectivity index (χ2v) is 3.54. The van der Waals surface area contributed by atoms with E-state index >= 15 is 0 Å². The number of aliphatic hydroxyl groups excluding tert-OH is 1. The monoisotopic (exact) mass is 258 g/mol. The Bertz CT molecular complexity index is 416. The van der Waals surface area contributed by atoms with Gasteiger partial charge in [-0.2, -0.15) is 0 Å². The van der Waals surface area contributed by atoms with Crippen LogP contribution in [-0.2, 0) is 9.59 Å². The van der Waals surface area contributed by atoms with Gasteiger partial charge in [0.25, 0.3) is 11.8 Å². The van der Waals surface area contributed by atoms with Gasteiger partial charge >= 0.3 is 5.97 Å². The molecule has 8 heteroatoms. The average molecular weight is 258 g/mol. The highest BCUT2D eigenvalue weighted by molar-refractivity contribution is 5.84. The number of amides is 1. The van der Waals surface area contributed by atoms with Crippen molar-refractivity contribution in [1.29, 1.82) is 0 Å². The van der Waals surface area contributed by atoms with Crippen LogP contribution in [0.4, 0.5) is 0 Å². The Hall–Kier alpha value is -2.09. The summed E-state index contributed by atoms with van der Waals surface area (Å²) in [6.45, 7) is 0.962. The van der Waals surface area contributed by atoms with E-state index in [2.05, 4.69) is 10.5 Å². The van der Waals surface area contributed by atoms with Gasteiger partial charge < -0.3 is 24.8 Å². The minimum atomic E-state index is -1.21. The number of hydrogen-bond acceptors (Lipinski definition) is 6. The number of rotatable bonds is 7. The van der Waals surface area contributed by atoms with Crippen molar-refractivity contribution in [3.8, 4) is 5.88 Å². The quantitative estimate of drug-likeness (QED) is 0.591. The molecule has 0 aliphatic heterocycles. The summed E-state index contributed by atoms with van der Waals surface area (Å²) in [4.78, 5) is 22.1. The first kappa shape index (κ1) is 14.0. The molecule has 8 nitrogen and oxygen atoms in total. The van der Waals surface area contributed by atoms with Crippen LogP contribution in [0.2, 0.25) is 0 Å². The van der Waals surface area contributed by atoms with Crippen LogP contribution in [0.1, 0.15) is 12.2 Å². The fraction of sp³-hybridized carbons (Fsp3) is 0.500. The average Bonchev–Trinajstić information content (AvgIpc) is 2.72. The number of carbonyl (C=O) groups excluding carboxylic acids is 1. The van der Waals surface area contributed by atoms with E-state index in [1.807, 2.05) is 0 Å². The third-order valence-corrected chi connectivity index (χ3v) is 2.01. The number of ether oxygens (including phenoxy) is 1. The van der Waals surface area contributed by atoms with Gasteiger partial charge in [0.1, 0.15) is 11.8 Å². The minimum absolute atomic E-state index is 0.0653. The predicted molar refractivity (Wildman–Crippen MR) is 58.0 cm³/mol. The summed E-state index contributed by atoms with van der Waals surface area (Å²) in [5.41, 5.74) is 0. The van der Waals surface area contributed by atoms with Crippen molar-refractivity contribution in [2.45, 2.75) is 19.4 Å². The third kappa shape index (κ3) is 4.42. The van der Waals surface area contributed by atoms with Gasteiger partial charge in [0.15, 0.2) is 6.61 Å². The van der Waals surface area contributed by atoms with Crippen molar-refractivity contribution in [3.63, 3.8) is 0 Å². The molecule has 1 amide bonds. The lowest BCUT2D eigenvalue weighted by Gasteiger charge is -2.12. The fourth-order valence-corrected chi connectivity index (χ4v) is 1.17. The van der Waals surface area contributed by atoms with E-state index in [1.54, 1.807) is 6.92 Å². The van der Waals surface area contributed by atoms with Crippen LogP contribution in [0.25, 0.3) is 0 Å². The number of aliphatic carboxylic acids is 1. The topological polar surface area (TPSA) is 122 Å². The van der Waals surface area contributed by atoms with Gasteiger partial charge in [0.2, 0.25) is 0 Å². The van der Waals surface area contributed by atoms with Crippen molar-refractivity contribution >= 4 is 11.9 Å². The molecule has 0 unspecified atom stereocenters. The Morgan fingerprint density at radius 1 is 1.61 bits per heavy atom. The molecule has 0 spiro atoms. The van der Waals surface area contributed by atoms with Crippen LogP contribution < -0.4 is 10.1 Å². The lowest BCUT2D eigenvalue weighted by molar-refractivity contribution is -0.142. The molecule has 0 bridgehead atoms. The van der Waals surface area contributed by atoms with Crippen molar-refractivity contribution in [2.75, 3.05) is 13.2 Å². The van der Waals surface area contributed by atoms with Crippen LogP contribution in [0.5, 0.6) is 5.88 Å². The van der Waals surface area contributed by atoms with E-state index in [4.69, 9.17) is 19.5 Å². The van der Waals surface area contributed by atoms with E-state index in [0.717, 1.165) is 0 Å². The first-order valence-corrected chi connectivity index (χ1v) is 5.22. The summed E-state index contributed by atoms with van der Waals surface area (Å²) < 4.78 is 9.70. The highest BCUT2D eigenvalue weighted by Gasteiger charge is 2.19. The molecule has 3 N–H and O–H groups in total. The molecule has 18 heavy (non-hydrogen) atoms. The van der Waals surface area contributed by atoms with Gasteiger partial charge in [-0.3, -0.25) is 4.79 Å². The van der Waals surface area contributed by atoms with E-state index in [1.165, 1.54) is 6.07 Å². The van der Waals surface area contributed by atoms with Crippen LogP contribution in [0.15, 0.2) is 10.6 Å². The number of carboxylic acid groups (broad SMARTS) is 1. The predicted octanol–water partition coefficient (Wildman–Crippen LogP) is -0.686. The number of aromatic nitrogens is 1. The number of nitrogens with one attached hydrogen (secondary N) is 1. The van der Waals surface area contributed by atoms with Crippen LogP contribution in [-0.4, -0.2) is 46.5 Å². The zero-order chi connectivity index (χ0) is 13.5. The van der Waals surface area contributed by atoms with Gasteiger partial charge in [0, 0.05) is 19.1 Å². The molecule has 1 atom stereocenters. The summed E-state index contributed by atoms with van der Waals surface area (Å²) in [6, 6.07) is 0.362. The molecule has 0 aliphatic carbocycles. The van der Waals surface area contributed by atoms with Crippen molar-refractivity contribution in [2.24, 2.45) is 0 Å². The lowest BCUT2D eigenvalue weighted by Crippen LogP contribution is -2.43. The smallest absolute Gasteiger partial charge is 0.326 e. The van der Waals surface area contributed by atoms with Gasteiger partial charge in [0.05, 0.1) is 0 Å². The van der Waals surface area contributed by atoms with Gasteiger partial charge in [-0.1, -0.05) is 0 Å². The molecule has 0 saturated carbocycles. The number of carboxylic acids is 1. The Morgan fingerprint density at radius 2 is 2.33 bits per heavy atom. The third-order valence-electron chi connectivity index (χ3n) is 2.01. The molecule has 1 rings (SSSR count). The summed E-state index contributed by atoms with van der Waals surface area (Å²) >= 11 is 0. The Balaban J connectivity index is 2.38. The normalized spacial score (nSPS) is 11.9. The first-order chi connectivity index (χ1) is 8.52. The Labute approximate surface area is 103 Å². The molecule has 100 valence electrons. The molecule has 1 aromatic heterocycles. The summed E-state index contributed by atoms with van der Waals surface area (Å²) in [5.74, 6) is -1.14. The maximum atomic E-state index is 11.4. The van der Waals surface area contributed by atoms with E-state index in [9.17, 15) is 9.59 Å². The second-order valence-electron chi connectivity index (χ2n) is 3.54. The van der Waals surface area contributed by atoms with E-state index < -0.39 is 17.9 Å². The van der Waals surface area contributed by atoms with Crippen LogP contribution in [0, 0.1) is 6.92 Å². The molecule has 0 saturated heterocycles. The summed E-state index contributed by atoms with van der Waals surface area (Å²) in [6.07, 6.45) is -0.0653. The van der Waals surface area contributed by atoms with E-state index in [0.29, 0.717) is 5.76 Å².